The summed E-state index contributed by atoms with van der Waals surface area (Å²) in [5.41, 5.74) is 1.27. The first kappa shape index (κ1) is 16.4. The number of aromatic nitrogens is 1. The predicted octanol–water partition coefficient (Wildman–Crippen LogP) is 3.83. The lowest BCUT2D eigenvalue weighted by Crippen LogP contribution is -2.30. The Balaban J connectivity index is 2.89. The molecule has 0 amide bonds. The molecule has 0 aromatic carbocycles. The molecule has 0 radical (unpaired) electrons. The predicted molar refractivity (Wildman–Crippen MR) is 86.7 cm³/mol. The first-order valence-electron chi connectivity index (χ1n) is 7.18. The van der Waals surface area contributed by atoms with E-state index < -0.39 is 0 Å². The van der Waals surface area contributed by atoms with Gasteiger partial charge in [-0.3, -0.25) is 0 Å². The minimum absolute atomic E-state index is 0.641. The molecule has 108 valence electrons. The molecule has 3 nitrogen and oxygen atoms in total. The van der Waals surface area contributed by atoms with Crippen molar-refractivity contribution in [2.45, 2.75) is 40.7 Å². The van der Waals surface area contributed by atoms with Gasteiger partial charge in [0.1, 0.15) is 5.82 Å². The molecule has 0 spiro atoms. The van der Waals surface area contributed by atoms with Crippen molar-refractivity contribution in [1.29, 1.82) is 0 Å². The van der Waals surface area contributed by atoms with Crippen LogP contribution in [0.3, 0.4) is 0 Å². The molecular formula is C15H26BrN3. The van der Waals surface area contributed by atoms with Gasteiger partial charge in [0.25, 0.3) is 0 Å². The number of nitrogens with zero attached hydrogens (tertiary/aromatic N) is 2. The molecular weight excluding hydrogens is 302 g/mol. The highest BCUT2D eigenvalue weighted by Crippen LogP contribution is 2.22. The highest BCUT2D eigenvalue weighted by molar-refractivity contribution is 9.10. The van der Waals surface area contributed by atoms with Crippen LogP contribution >= 0.6 is 15.9 Å². The van der Waals surface area contributed by atoms with Gasteiger partial charge in [-0.15, -0.1) is 0 Å². The Morgan fingerprint density at radius 3 is 2.68 bits per heavy atom. The number of anilines is 1. The van der Waals surface area contributed by atoms with Crippen LogP contribution in [0.25, 0.3) is 0 Å². The zero-order valence-corrected chi connectivity index (χ0v) is 14.1. The topological polar surface area (TPSA) is 28.2 Å². The van der Waals surface area contributed by atoms with E-state index in [9.17, 15) is 0 Å². The smallest absolute Gasteiger partial charge is 0.133 e. The summed E-state index contributed by atoms with van der Waals surface area (Å²) in [6.45, 7) is 12.8. The lowest BCUT2D eigenvalue weighted by Gasteiger charge is -2.26. The van der Waals surface area contributed by atoms with Crippen molar-refractivity contribution >= 4 is 21.7 Å². The maximum atomic E-state index is 4.62. The highest BCUT2D eigenvalue weighted by Gasteiger charge is 2.13. The molecule has 0 bridgehead atoms. The van der Waals surface area contributed by atoms with Gasteiger partial charge in [0.05, 0.1) is 0 Å². The number of nitrogens with one attached hydrogen (secondary N) is 1. The van der Waals surface area contributed by atoms with Crippen LogP contribution in [0.1, 0.15) is 39.7 Å². The second-order valence-electron chi connectivity index (χ2n) is 5.25. The van der Waals surface area contributed by atoms with Crippen molar-refractivity contribution in [3.8, 4) is 0 Å². The van der Waals surface area contributed by atoms with Gasteiger partial charge in [-0.1, -0.05) is 20.8 Å². The van der Waals surface area contributed by atoms with E-state index in [2.05, 4.69) is 64.9 Å². The minimum atomic E-state index is 0.641. The van der Waals surface area contributed by atoms with Crippen molar-refractivity contribution in [3.63, 3.8) is 0 Å². The Morgan fingerprint density at radius 2 is 2.11 bits per heavy atom. The third-order valence-electron chi connectivity index (χ3n) is 2.92. The largest absolute Gasteiger partial charge is 0.356 e. The number of hydrogen-bond acceptors (Lipinski definition) is 3. The van der Waals surface area contributed by atoms with Crippen molar-refractivity contribution in [3.05, 3.63) is 22.3 Å². The van der Waals surface area contributed by atoms with Crippen LogP contribution in [0.2, 0.25) is 0 Å². The van der Waals surface area contributed by atoms with E-state index in [1.54, 1.807) is 0 Å². The molecule has 0 atom stereocenters. The zero-order chi connectivity index (χ0) is 14.3. The van der Waals surface area contributed by atoms with Crippen LogP contribution in [-0.4, -0.2) is 24.6 Å². The van der Waals surface area contributed by atoms with Gasteiger partial charge >= 0.3 is 0 Å². The standard InChI is InChI=1S/C15H26BrN3/c1-5-7-17-9-13-8-14(16)10-18-15(13)19(6-2)11-12(3)4/h8,10,12,17H,5-7,9,11H2,1-4H3. The normalized spacial score (nSPS) is 11.1. The van der Waals surface area contributed by atoms with E-state index in [1.165, 1.54) is 5.56 Å². The molecule has 4 heteroatoms. The molecule has 1 aromatic rings. The van der Waals surface area contributed by atoms with Gasteiger partial charge in [-0.2, -0.15) is 0 Å². The Hall–Kier alpha value is -0.610. The highest BCUT2D eigenvalue weighted by atomic mass is 79.9. The minimum Gasteiger partial charge on any atom is -0.356 e. The molecule has 0 unspecified atom stereocenters. The van der Waals surface area contributed by atoms with E-state index in [0.29, 0.717) is 5.92 Å². The lowest BCUT2D eigenvalue weighted by molar-refractivity contribution is 0.608. The van der Waals surface area contributed by atoms with E-state index in [4.69, 9.17) is 0 Å². The fourth-order valence-corrected chi connectivity index (χ4v) is 2.47. The van der Waals surface area contributed by atoms with Gasteiger partial charge in [0, 0.05) is 35.9 Å². The van der Waals surface area contributed by atoms with Crippen molar-refractivity contribution < 1.29 is 0 Å². The summed E-state index contributed by atoms with van der Waals surface area (Å²) in [5, 5.41) is 3.46. The van der Waals surface area contributed by atoms with E-state index in [1.807, 2.05) is 6.20 Å². The fourth-order valence-electron chi connectivity index (χ4n) is 2.09. The van der Waals surface area contributed by atoms with Crippen LogP contribution in [-0.2, 0) is 6.54 Å². The summed E-state index contributed by atoms with van der Waals surface area (Å²) < 4.78 is 1.05. The zero-order valence-electron chi connectivity index (χ0n) is 12.5. The average molecular weight is 328 g/mol. The van der Waals surface area contributed by atoms with Crippen LogP contribution in [0.15, 0.2) is 16.7 Å². The number of rotatable bonds is 8. The Labute approximate surface area is 125 Å². The molecule has 0 aliphatic heterocycles. The summed E-state index contributed by atoms with van der Waals surface area (Å²) >= 11 is 3.52. The Bertz CT molecular complexity index is 380. The molecule has 1 aromatic heterocycles. The molecule has 0 saturated carbocycles. The first-order chi connectivity index (χ1) is 9.08. The van der Waals surface area contributed by atoms with Gasteiger partial charge < -0.3 is 10.2 Å². The van der Waals surface area contributed by atoms with Gasteiger partial charge in [-0.25, -0.2) is 4.98 Å². The second kappa shape index (κ2) is 8.54. The van der Waals surface area contributed by atoms with Gasteiger partial charge in [-0.05, 0) is 47.8 Å². The molecule has 19 heavy (non-hydrogen) atoms. The lowest BCUT2D eigenvalue weighted by atomic mass is 10.1. The summed E-state index contributed by atoms with van der Waals surface area (Å²) in [6.07, 6.45) is 3.04. The van der Waals surface area contributed by atoms with Crippen LogP contribution in [0, 0.1) is 5.92 Å². The monoisotopic (exact) mass is 327 g/mol. The van der Waals surface area contributed by atoms with Crippen molar-refractivity contribution in [2.24, 2.45) is 5.92 Å². The SMILES string of the molecule is CCCNCc1cc(Br)cnc1N(CC)CC(C)C. The van der Waals surface area contributed by atoms with Crippen LogP contribution in [0.4, 0.5) is 5.82 Å². The summed E-state index contributed by atoms with van der Waals surface area (Å²) in [4.78, 5) is 6.98. The molecule has 1 rings (SSSR count). The van der Waals surface area contributed by atoms with E-state index in [-0.39, 0.29) is 0 Å². The third-order valence-corrected chi connectivity index (χ3v) is 3.35. The summed E-state index contributed by atoms with van der Waals surface area (Å²) in [6, 6.07) is 2.17. The molecule has 0 fully saturated rings. The molecule has 0 aliphatic rings. The number of pyridine rings is 1. The summed E-state index contributed by atoms with van der Waals surface area (Å²) in [5.74, 6) is 1.75. The van der Waals surface area contributed by atoms with Crippen molar-refractivity contribution in [2.75, 3.05) is 24.5 Å². The Kier molecular flexibility index (Phi) is 7.39. The van der Waals surface area contributed by atoms with Crippen molar-refractivity contribution in [1.82, 2.24) is 10.3 Å². The molecule has 1 heterocycles. The van der Waals surface area contributed by atoms with E-state index in [0.717, 1.165) is 42.9 Å². The average Bonchev–Trinajstić information content (AvgIpc) is 2.37. The maximum Gasteiger partial charge on any atom is 0.133 e. The molecule has 0 aliphatic carbocycles. The second-order valence-corrected chi connectivity index (χ2v) is 6.16. The molecule has 1 N–H and O–H groups in total. The number of hydrogen-bond donors (Lipinski definition) is 1. The fraction of sp³-hybridized carbons (Fsp3) is 0.667. The third kappa shape index (κ3) is 5.49. The van der Waals surface area contributed by atoms with Crippen LogP contribution < -0.4 is 10.2 Å². The quantitative estimate of drug-likeness (QED) is 0.735. The molecule has 0 saturated heterocycles. The maximum absolute atomic E-state index is 4.62. The first-order valence-corrected chi connectivity index (χ1v) is 7.97. The van der Waals surface area contributed by atoms with Crippen LogP contribution in [0.5, 0.6) is 0 Å². The van der Waals surface area contributed by atoms with E-state index >= 15 is 0 Å². The Morgan fingerprint density at radius 1 is 1.37 bits per heavy atom. The number of halogens is 1. The van der Waals surface area contributed by atoms with Gasteiger partial charge in [0.15, 0.2) is 0 Å². The van der Waals surface area contributed by atoms with Gasteiger partial charge in [0.2, 0.25) is 0 Å². The summed E-state index contributed by atoms with van der Waals surface area (Å²) in [7, 11) is 0.